The van der Waals surface area contributed by atoms with Crippen LogP contribution in [0.2, 0.25) is 0 Å². The highest BCUT2D eigenvalue weighted by Crippen LogP contribution is 2.40. The topological polar surface area (TPSA) is 68.4 Å². The number of anilines is 1. The zero-order chi connectivity index (χ0) is 22.1. The highest BCUT2D eigenvalue weighted by atomic mass is 19.1. The predicted molar refractivity (Wildman–Crippen MR) is 121 cm³/mol. The van der Waals surface area contributed by atoms with Crippen molar-refractivity contribution in [1.29, 1.82) is 0 Å². The molecular weight excluding hydrogens is 379 g/mol. The number of aromatic nitrogens is 1. The van der Waals surface area contributed by atoms with E-state index >= 15 is 0 Å². The molecule has 4 nitrogen and oxygen atoms in total. The average molecular weight is 407 g/mol. The van der Waals surface area contributed by atoms with Gasteiger partial charge in [0.25, 0.3) is 0 Å². The van der Waals surface area contributed by atoms with Crippen LogP contribution in [0.15, 0.2) is 42.6 Å². The Kier molecular flexibility index (Phi) is 5.83. The minimum atomic E-state index is -0.453. The van der Waals surface area contributed by atoms with Crippen LogP contribution < -0.4 is 10.5 Å². The van der Waals surface area contributed by atoms with Crippen molar-refractivity contribution in [3.05, 3.63) is 70.7 Å². The minimum Gasteiger partial charge on any atom is -0.507 e. The van der Waals surface area contributed by atoms with E-state index in [9.17, 15) is 9.50 Å². The number of phenolic OH excluding ortho intramolecular Hbond substituents is 1. The second kappa shape index (κ2) is 8.19. The first-order valence-electron chi connectivity index (χ1n) is 9.71. The summed E-state index contributed by atoms with van der Waals surface area (Å²) in [5.74, 6) is 0.0657. The van der Waals surface area contributed by atoms with Gasteiger partial charge in [-0.25, -0.2) is 9.37 Å². The largest absolute Gasteiger partial charge is 0.507 e. The summed E-state index contributed by atoms with van der Waals surface area (Å²) in [5.41, 5.74) is 10.9. The molecule has 0 unspecified atom stereocenters. The quantitative estimate of drug-likeness (QED) is 0.414. The first-order valence-corrected chi connectivity index (χ1v) is 9.71. The van der Waals surface area contributed by atoms with Gasteiger partial charge >= 0.3 is 0 Å². The van der Waals surface area contributed by atoms with Crippen molar-refractivity contribution in [2.45, 2.75) is 33.1 Å². The van der Waals surface area contributed by atoms with E-state index in [0.29, 0.717) is 22.7 Å². The molecule has 1 aromatic heterocycles. The number of methoxy groups -OCH3 is 1. The van der Waals surface area contributed by atoms with Crippen molar-refractivity contribution < 1.29 is 14.2 Å². The zero-order valence-electron chi connectivity index (χ0n) is 18.0. The maximum Gasteiger partial charge on any atom is 0.221 e. The van der Waals surface area contributed by atoms with Gasteiger partial charge in [-0.2, -0.15) is 0 Å². The number of hydrogen-bond donors (Lipinski definition) is 2. The number of aromatic hydroxyl groups is 1. The normalized spacial score (nSPS) is 11.8. The predicted octanol–water partition coefficient (Wildman–Crippen LogP) is 5.96. The molecule has 0 aliphatic carbocycles. The van der Waals surface area contributed by atoms with Gasteiger partial charge < -0.3 is 15.6 Å². The monoisotopic (exact) mass is 406 g/mol. The van der Waals surface area contributed by atoms with Crippen molar-refractivity contribution in [2.75, 3.05) is 12.8 Å². The van der Waals surface area contributed by atoms with Crippen LogP contribution in [0.4, 0.5) is 10.1 Å². The maximum atomic E-state index is 13.9. The van der Waals surface area contributed by atoms with Gasteiger partial charge in [0.15, 0.2) is 0 Å². The van der Waals surface area contributed by atoms with Crippen molar-refractivity contribution in [2.24, 2.45) is 0 Å². The maximum absolute atomic E-state index is 13.9. The third-order valence-electron chi connectivity index (χ3n) is 5.01. The fourth-order valence-corrected chi connectivity index (χ4v) is 3.37. The molecular formula is C25H27FN2O2. The number of nitrogens with zero attached hydrogens (tertiary/aromatic N) is 1. The lowest BCUT2D eigenvalue weighted by atomic mass is 9.83. The van der Waals surface area contributed by atoms with Crippen LogP contribution in [-0.4, -0.2) is 17.2 Å². The van der Waals surface area contributed by atoms with Crippen molar-refractivity contribution >= 4 is 17.8 Å². The molecule has 2 aromatic carbocycles. The summed E-state index contributed by atoms with van der Waals surface area (Å²) in [5, 5.41) is 11.0. The molecule has 0 fully saturated rings. The molecule has 3 rings (SSSR count). The summed E-state index contributed by atoms with van der Waals surface area (Å²) in [4.78, 5) is 4.04. The molecule has 0 saturated heterocycles. The average Bonchev–Trinajstić information content (AvgIpc) is 2.67. The van der Waals surface area contributed by atoms with Crippen molar-refractivity contribution in [3.8, 4) is 22.8 Å². The van der Waals surface area contributed by atoms with E-state index < -0.39 is 5.82 Å². The lowest BCUT2D eigenvalue weighted by Gasteiger charge is -2.23. The number of phenols is 1. The number of nitrogens with two attached hydrogens (primary N) is 1. The van der Waals surface area contributed by atoms with Crippen LogP contribution in [0.3, 0.4) is 0 Å². The van der Waals surface area contributed by atoms with E-state index in [2.05, 4.69) is 4.98 Å². The van der Waals surface area contributed by atoms with E-state index in [1.807, 2.05) is 70.2 Å². The van der Waals surface area contributed by atoms with Gasteiger partial charge in [-0.05, 0) is 59.4 Å². The second-order valence-electron chi connectivity index (χ2n) is 8.37. The smallest absolute Gasteiger partial charge is 0.221 e. The van der Waals surface area contributed by atoms with Crippen LogP contribution in [-0.2, 0) is 5.41 Å². The number of pyridine rings is 1. The molecule has 0 bridgehead atoms. The molecule has 0 saturated carbocycles. The van der Waals surface area contributed by atoms with Gasteiger partial charge in [0.1, 0.15) is 11.6 Å². The molecule has 1 heterocycles. The number of aryl methyl sites for hydroxylation is 1. The fourth-order valence-electron chi connectivity index (χ4n) is 3.37. The Labute approximate surface area is 176 Å². The number of halogens is 1. The Hall–Kier alpha value is -3.34. The van der Waals surface area contributed by atoms with E-state index in [1.54, 1.807) is 0 Å². The number of ether oxygens (including phenoxy) is 1. The van der Waals surface area contributed by atoms with Crippen LogP contribution in [0.25, 0.3) is 23.3 Å². The van der Waals surface area contributed by atoms with Crippen LogP contribution in [0, 0.1) is 12.7 Å². The van der Waals surface area contributed by atoms with E-state index in [1.165, 1.54) is 13.2 Å². The molecule has 30 heavy (non-hydrogen) atoms. The Morgan fingerprint density at radius 2 is 1.77 bits per heavy atom. The summed E-state index contributed by atoms with van der Waals surface area (Å²) in [7, 11) is 1.50. The van der Waals surface area contributed by atoms with Crippen LogP contribution in [0.1, 0.15) is 43.0 Å². The Morgan fingerprint density at radius 3 is 2.40 bits per heavy atom. The van der Waals surface area contributed by atoms with Crippen LogP contribution >= 0.6 is 0 Å². The Morgan fingerprint density at radius 1 is 1.07 bits per heavy atom. The Bertz CT molecular complexity index is 1110. The molecule has 0 aliphatic rings. The number of rotatable bonds is 4. The molecule has 0 aliphatic heterocycles. The van der Waals surface area contributed by atoms with Gasteiger partial charge in [0, 0.05) is 22.4 Å². The van der Waals surface area contributed by atoms with Gasteiger partial charge in [-0.1, -0.05) is 39.0 Å². The molecule has 0 atom stereocenters. The fraction of sp³-hybridized carbons (Fsp3) is 0.240. The number of benzene rings is 2. The molecule has 0 spiro atoms. The van der Waals surface area contributed by atoms with Gasteiger partial charge in [-0.3, -0.25) is 0 Å². The first kappa shape index (κ1) is 21.4. The highest BCUT2D eigenvalue weighted by molar-refractivity contribution is 5.80. The molecule has 3 N–H and O–H groups in total. The van der Waals surface area contributed by atoms with E-state index in [0.717, 1.165) is 28.5 Å². The van der Waals surface area contributed by atoms with Crippen LogP contribution in [0.5, 0.6) is 11.6 Å². The third kappa shape index (κ3) is 4.46. The number of nitrogen functional groups attached to an aromatic ring is 1. The molecule has 0 amide bonds. The zero-order valence-corrected chi connectivity index (χ0v) is 18.0. The molecule has 0 radical (unpaired) electrons. The highest BCUT2D eigenvalue weighted by Gasteiger charge is 2.22. The SMILES string of the molecule is COc1ncc(F)cc1-c1cc(/C=C/c2ccc(N)cc2C)c(O)c(C(C)(C)C)c1. The van der Waals surface area contributed by atoms with Gasteiger partial charge in [0.2, 0.25) is 5.88 Å². The summed E-state index contributed by atoms with van der Waals surface area (Å²) in [6.45, 7) is 8.04. The summed E-state index contributed by atoms with van der Waals surface area (Å²) in [6, 6.07) is 10.7. The number of hydrogen-bond acceptors (Lipinski definition) is 4. The molecule has 5 heteroatoms. The van der Waals surface area contributed by atoms with Gasteiger partial charge in [-0.15, -0.1) is 0 Å². The lowest BCUT2D eigenvalue weighted by Crippen LogP contribution is -2.12. The molecule has 156 valence electrons. The lowest BCUT2D eigenvalue weighted by molar-refractivity contribution is 0.397. The summed E-state index contributed by atoms with van der Waals surface area (Å²) >= 11 is 0. The first-order chi connectivity index (χ1) is 14.1. The van der Waals surface area contributed by atoms with E-state index in [4.69, 9.17) is 10.5 Å². The van der Waals surface area contributed by atoms with E-state index in [-0.39, 0.29) is 11.2 Å². The van der Waals surface area contributed by atoms with Crippen molar-refractivity contribution in [3.63, 3.8) is 0 Å². The summed E-state index contributed by atoms with van der Waals surface area (Å²) < 4.78 is 19.3. The minimum absolute atomic E-state index is 0.193. The second-order valence-corrected chi connectivity index (χ2v) is 8.37. The standard InChI is InChI=1S/C25H27FN2O2/c1-15-10-20(27)9-8-16(15)6-7-17-11-18(12-22(23(17)29)25(2,3)4)21-13-19(26)14-28-24(21)30-5/h6-14,29H,27H2,1-5H3/b7-6+. The third-order valence-corrected chi connectivity index (χ3v) is 5.01. The van der Waals surface area contributed by atoms with Crippen molar-refractivity contribution in [1.82, 2.24) is 4.98 Å². The Balaban J connectivity index is 2.19. The molecule has 3 aromatic rings. The van der Waals surface area contributed by atoms with Gasteiger partial charge in [0.05, 0.1) is 13.3 Å². The summed E-state index contributed by atoms with van der Waals surface area (Å²) in [6.07, 6.45) is 4.91.